The monoisotopic (exact) mass is 300 g/mol. The molecule has 0 saturated carbocycles. The van der Waals surface area contributed by atoms with Crippen LogP contribution >= 0.6 is 23.1 Å². The van der Waals surface area contributed by atoms with Gasteiger partial charge in [0.05, 0.1) is 21.1 Å². The van der Waals surface area contributed by atoms with Crippen molar-refractivity contribution in [2.75, 3.05) is 30.0 Å². The minimum atomic E-state index is -0.567. The zero-order valence-electron chi connectivity index (χ0n) is 11.5. The number of hydrogen-bond donors (Lipinski definition) is 2. The topological polar surface area (TPSA) is 66.6 Å². The van der Waals surface area contributed by atoms with Crippen molar-refractivity contribution in [3.05, 3.63) is 4.88 Å². The Morgan fingerprint density at radius 1 is 1.47 bits per heavy atom. The molecule has 1 aromatic heterocycles. The van der Waals surface area contributed by atoms with Gasteiger partial charge in [0.1, 0.15) is 5.00 Å². The Kier molecular flexibility index (Phi) is 4.13. The maximum absolute atomic E-state index is 11.6. The summed E-state index contributed by atoms with van der Waals surface area (Å²) in [7, 11) is 0. The summed E-state index contributed by atoms with van der Waals surface area (Å²) in [6.45, 7) is 5.04. The first-order valence-corrected chi connectivity index (χ1v) is 8.34. The van der Waals surface area contributed by atoms with Crippen LogP contribution in [0.4, 0.5) is 10.7 Å². The summed E-state index contributed by atoms with van der Waals surface area (Å²) >= 11 is 3.06. The highest BCUT2D eigenvalue weighted by molar-refractivity contribution is 7.99. The quantitative estimate of drug-likeness (QED) is 0.663. The standard InChI is InChI=1S/C13H20N2O2S2/c1-8(16)10-9(14)11(18-3)12(19-10)15-6-4-13(2,17)5-7-15/h17H,4-7,14H2,1-3H3. The molecule has 4 nitrogen and oxygen atoms in total. The number of nitrogens with zero attached hydrogens (tertiary/aromatic N) is 1. The van der Waals surface area contributed by atoms with Crippen LogP contribution in [0.15, 0.2) is 4.90 Å². The predicted octanol–water partition coefficient (Wildman–Crippen LogP) is 2.61. The van der Waals surface area contributed by atoms with Gasteiger partial charge in [0.25, 0.3) is 0 Å². The molecule has 1 fully saturated rings. The summed E-state index contributed by atoms with van der Waals surface area (Å²) in [6, 6.07) is 0. The highest BCUT2D eigenvalue weighted by Gasteiger charge is 2.30. The maximum atomic E-state index is 11.6. The number of rotatable bonds is 3. The van der Waals surface area contributed by atoms with E-state index < -0.39 is 5.60 Å². The van der Waals surface area contributed by atoms with E-state index in [1.165, 1.54) is 11.3 Å². The van der Waals surface area contributed by atoms with E-state index in [0.29, 0.717) is 10.6 Å². The van der Waals surface area contributed by atoms with Gasteiger partial charge in [0.15, 0.2) is 5.78 Å². The second-order valence-electron chi connectivity index (χ2n) is 5.22. The highest BCUT2D eigenvalue weighted by Crippen LogP contribution is 2.45. The Labute approximate surface area is 122 Å². The largest absolute Gasteiger partial charge is 0.396 e. The van der Waals surface area contributed by atoms with Crippen LogP contribution in [0.1, 0.15) is 36.4 Å². The van der Waals surface area contributed by atoms with Crippen LogP contribution in [0.3, 0.4) is 0 Å². The summed E-state index contributed by atoms with van der Waals surface area (Å²) in [4.78, 5) is 15.5. The average Bonchev–Trinajstić information content (AvgIpc) is 2.66. The fraction of sp³-hybridized carbons (Fsp3) is 0.615. The number of thioether (sulfide) groups is 1. The van der Waals surface area contributed by atoms with Crippen LogP contribution < -0.4 is 10.6 Å². The van der Waals surface area contributed by atoms with Crippen molar-refractivity contribution in [3.63, 3.8) is 0 Å². The first-order chi connectivity index (χ1) is 8.85. The molecule has 0 aliphatic carbocycles. The van der Waals surface area contributed by atoms with E-state index in [2.05, 4.69) is 4.90 Å². The van der Waals surface area contributed by atoms with Gasteiger partial charge in [0, 0.05) is 20.0 Å². The van der Waals surface area contributed by atoms with Crippen LogP contribution in [0, 0.1) is 0 Å². The van der Waals surface area contributed by atoms with Gasteiger partial charge in [-0.2, -0.15) is 0 Å². The Bertz CT molecular complexity index is 487. The molecule has 2 rings (SSSR count). The number of hydrogen-bond acceptors (Lipinski definition) is 6. The summed E-state index contributed by atoms with van der Waals surface area (Å²) in [5, 5.41) is 11.1. The Balaban J connectivity index is 2.30. The Hall–Kier alpha value is -0.720. The molecule has 0 radical (unpaired) electrons. The molecule has 2 heterocycles. The van der Waals surface area contributed by atoms with E-state index >= 15 is 0 Å². The molecule has 1 saturated heterocycles. The van der Waals surface area contributed by atoms with Gasteiger partial charge in [-0.3, -0.25) is 4.79 Å². The Morgan fingerprint density at radius 3 is 2.53 bits per heavy atom. The molecule has 0 spiro atoms. The molecule has 1 aliphatic heterocycles. The number of carbonyl (C=O) groups excluding carboxylic acids is 1. The Morgan fingerprint density at radius 2 is 2.05 bits per heavy atom. The number of anilines is 2. The van der Waals surface area contributed by atoms with Gasteiger partial charge >= 0.3 is 0 Å². The van der Waals surface area contributed by atoms with Crippen LogP contribution in [-0.4, -0.2) is 35.8 Å². The van der Waals surface area contributed by atoms with Crippen molar-refractivity contribution in [3.8, 4) is 0 Å². The molecule has 1 aromatic rings. The average molecular weight is 300 g/mol. The van der Waals surface area contributed by atoms with Crippen molar-refractivity contribution in [2.45, 2.75) is 37.2 Å². The zero-order valence-corrected chi connectivity index (χ0v) is 13.2. The first-order valence-electron chi connectivity index (χ1n) is 6.30. The second kappa shape index (κ2) is 5.34. The smallest absolute Gasteiger partial charge is 0.171 e. The molecule has 0 atom stereocenters. The van der Waals surface area contributed by atoms with Crippen molar-refractivity contribution in [1.82, 2.24) is 0 Å². The zero-order chi connectivity index (χ0) is 14.2. The van der Waals surface area contributed by atoms with Crippen LogP contribution in [0.2, 0.25) is 0 Å². The highest BCUT2D eigenvalue weighted by atomic mass is 32.2. The van der Waals surface area contributed by atoms with Crippen LogP contribution in [0.25, 0.3) is 0 Å². The van der Waals surface area contributed by atoms with Crippen molar-refractivity contribution < 1.29 is 9.90 Å². The summed E-state index contributed by atoms with van der Waals surface area (Å²) in [5.41, 5.74) is 6.11. The van der Waals surface area contributed by atoms with Gasteiger partial charge in [-0.05, 0) is 26.0 Å². The lowest BCUT2D eigenvalue weighted by Crippen LogP contribution is -2.42. The third-order valence-corrected chi connectivity index (χ3v) is 5.85. The van der Waals surface area contributed by atoms with Crippen LogP contribution in [-0.2, 0) is 0 Å². The number of aliphatic hydroxyl groups is 1. The van der Waals surface area contributed by atoms with E-state index in [9.17, 15) is 9.90 Å². The van der Waals surface area contributed by atoms with Gasteiger partial charge < -0.3 is 15.7 Å². The van der Waals surface area contributed by atoms with E-state index in [4.69, 9.17) is 5.73 Å². The van der Waals surface area contributed by atoms with Crippen molar-refractivity contribution in [2.24, 2.45) is 0 Å². The normalized spacial score (nSPS) is 18.6. The lowest BCUT2D eigenvalue weighted by atomic mass is 9.94. The van der Waals surface area contributed by atoms with E-state index in [0.717, 1.165) is 35.8 Å². The first kappa shape index (κ1) is 14.7. The molecule has 1 aliphatic rings. The number of thiophene rings is 1. The minimum absolute atomic E-state index is 0.0213. The number of piperidine rings is 1. The molecule has 19 heavy (non-hydrogen) atoms. The molecular formula is C13H20N2O2S2. The molecule has 0 amide bonds. The number of ketones is 1. The third kappa shape index (κ3) is 2.90. The number of nitrogen functional groups attached to an aromatic ring is 1. The van der Waals surface area contributed by atoms with E-state index in [1.807, 2.05) is 13.2 Å². The number of nitrogens with two attached hydrogens (primary N) is 1. The lowest BCUT2D eigenvalue weighted by Gasteiger charge is -2.36. The van der Waals surface area contributed by atoms with Crippen molar-refractivity contribution in [1.29, 1.82) is 0 Å². The summed E-state index contributed by atoms with van der Waals surface area (Å²) in [6.07, 6.45) is 3.47. The molecule has 0 bridgehead atoms. The SMILES string of the molecule is CSc1c(N2CCC(C)(O)CC2)sc(C(C)=O)c1N. The number of carbonyl (C=O) groups is 1. The van der Waals surface area contributed by atoms with Gasteiger partial charge in [-0.15, -0.1) is 23.1 Å². The minimum Gasteiger partial charge on any atom is -0.396 e. The third-order valence-electron chi connectivity index (χ3n) is 3.53. The van der Waals surface area contributed by atoms with E-state index in [-0.39, 0.29) is 5.78 Å². The van der Waals surface area contributed by atoms with Gasteiger partial charge in [0.2, 0.25) is 0 Å². The van der Waals surface area contributed by atoms with Crippen molar-refractivity contribution >= 4 is 39.6 Å². The van der Waals surface area contributed by atoms with Crippen LogP contribution in [0.5, 0.6) is 0 Å². The predicted molar refractivity (Wildman–Crippen MR) is 82.6 cm³/mol. The van der Waals surface area contributed by atoms with E-state index in [1.54, 1.807) is 18.7 Å². The molecular weight excluding hydrogens is 280 g/mol. The second-order valence-corrected chi connectivity index (χ2v) is 7.04. The van der Waals surface area contributed by atoms with Gasteiger partial charge in [-0.1, -0.05) is 0 Å². The van der Waals surface area contributed by atoms with Gasteiger partial charge in [-0.25, -0.2) is 0 Å². The fourth-order valence-electron chi connectivity index (χ4n) is 2.27. The summed E-state index contributed by atoms with van der Waals surface area (Å²) in [5.74, 6) is 0.0213. The molecule has 106 valence electrons. The molecule has 3 N–H and O–H groups in total. The summed E-state index contributed by atoms with van der Waals surface area (Å²) < 4.78 is 0. The molecule has 6 heteroatoms. The fourth-order valence-corrected chi connectivity index (χ4v) is 4.40. The molecule has 0 aromatic carbocycles. The maximum Gasteiger partial charge on any atom is 0.171 e. The lowest BCUT2D eigenvalue weighted by molar-refractivity contribution is 0.0352. The molecule has 0 unspecified atom stereocenters. The number of Topliss-reactive ketones (excluding diaryl/α,β-unsaturated/α-hetero) is 1.